The quantitative estimate of drug-likeness (QED) is 0.862. The molecule has 1 atom stereocenters. The average molecular weight is 269 g/mol. The third-order valence-corrected chi connectivity index (χ3v) is 2.36. The fourth-order valence-electron chi connectivity index (χ4n) is 1.51. The summed E-state index contributed by atoms with van der Waals surface area (Å²) in [5.41, 5.74) is 6.80. The van der Waals surface area contributed by atoms with Crippen LogP contribution < -0.4 is 11.1 Å². The van der Waals surface area contributed by atoms with Crippen molar-refractivity contribution < 1.29 is 4.79 Å². The molecule has 0 aromatic heterocycles. The molecule has 18 heavy (non-hydrogen) atoms. The van der Waals surface area contributed by atoms with E-state index in [1.165, 1.54) is 0 Å². The summed E-state index contributed by atoms with van der Waals surface area (Å²) in [5, 5.41) is 2.69. The van der Waals surface area contributed by atoms with Crippen molar-refractivity contribution in [3.05, 3.63) is 42.1 Å². The lowest BCUT2D eigenvalue weighted by Crippen LogP contribution is -2.39. The molecule has 0 unspecified atom stereocenters. The molecular formula is C14H21ClN2O. The maximum absolute atomic E-state index is 11.6. The predicted octanol–water partition coefficient (Wildman–Crippen LogP) is 2.57. The van der Waals surface area contributed by atoms with E-state index in [-0.39, 0.29) is 18.3 Å². The SMILES string of the molecule is CC(C)C[C@H](N)C(=O)NC=Cc1ccccc1.Cl. The molecule has 1 aromatic carbocycles. The standard InChI is InChI=1S/C14H20N2O.ClH/c1-11(2)10-13(15)14(17)16-9-8-12-6-4-3-5-7-12;/h3-9,11,13H,10,15H2,1-2H3,(H,16,17);1H/t13-;/m0./s1. The Morgan fingerprint density at radius 1 is 1.33 bits per heavy atom. The summed E-state index contributed by atoms with van der Waals surface area (Å²) in [6.45, 7) is 4.10. The Morgan fingerprint density at radius 3 is 2.50 bits per heavy atom. The van der Waals surface area contributed by atoms with Gasteiger partial charge in [0.2, 0.25) is 5.91 Å². The van der Waals surface area contributed by atoms with Crippen LogP contribution in [-0.2, 0) is 4.79 Å². The fourth-order valence-corrected chi connectivity index (χ4v) is 1.51. The number of carbonyl (C=O) groups is 1. The van der Waals surface area contributed by atoms with Crippen LogP contribution in [0.1, 0.15) is 25.8 Å². The predicted molar refractivity (Wildman–Crippen MR) is 78.3 cm³/mol. The molecule has 0 heterocycles. The summed E-state index contributed by atoms with van der Waals surface area (Å²) in [6.07, 6.45) is 4.18. The number of rotatable bonds is 5. The van der Waals surface area contributed by atoms with Gasteiger partial charge < -0.3 is 11.1 Å². The van der Waals surface area contributed by atoms with E-state index < -0.39 is 6.04 Å². The van der Waals surface area contributed by atoms with E-state index in [1.807, 2.05) is 50.3 Å². The Labute approximate surface area is 115 Å². The van der Waals surface area contributed by atoms with Gasteiger partial charge in [-0.3, -0.25) is 4.79 Å². The topological polar surface area (TPSA) is 55.1 Å². The summed E-state index contributed by atoms with van der Waals surface area (Å²) in [4.78, 5) is 11.6. The highest BCUT2D eigenvalue weighted by atomic mass is 35.5. The minimum Gasteiger partial charge on any atom is -0.331 e. The summed E-state index contributed by atoms with van der Waals surface area (Å²) < 4.78 is 0. The largest absolute Gasteiger partial charge is 0.331 e. The number of nitrogens with one attached hydrogen (secondary N) is 1. The van der Waals surface area contributed by atoms with Gasteiger partial charge in [-0.05, 0) is 24.0 Å². The van der Waals surface area contributed by atoms with Gasteiger partial charge >= 0.3 is 0 Å². The Morgan fingerprint density at radius 2 is 1.94 bits per heavy atom. The Kier molecular flexibility index (Phi) is 8.08. The second kappa shape index (κ2) is 8.72. The van der Waals surface area contributed by atoms with Crippen molar-refractivity contribution in [1.29, 1.82) is 0 Å². The van der Waals surface area contributed by atoms with Gasteiger partial charge in [-0.15, -0.1) is 12.4 Å². The molecule has 0 aliphatic rings. The van der Waals surface area contributed by atoms with E-state index >= 15 is 0 Å². The molecule has 0 saturated carbocycles. The van der Waals surface area contributed by atoms with Gasteiger partial charge in [0.05, 0.1) is 6.04 Å². The minimum absolute atomic E-state index is 0. The zero-order valence-corrected chi connectivity index (χ0v) is 11.6. The lowest BCUT2D eigenvalue weighted by atomic mass is 10.0. The first-order valence-corrected chi connectivity index (χ1v) is 5.87. The van der Waals surface area contributed by atoms with Crippen LogP contribution in [0.2, 0.25) is 0 Å². The summed E-state index contributed by atoms with van der Waals surface area (Å²) in [6, 6.07) is 9.36. The Bertz CT molecular complexity index is 377. The minimum atomic E-state index is -0.435. The lowest BCUT2D eigenvalue weighted by molar-refractivity contribution is -0.121. The number of halogens is 1. The van der Waals surface area contributed by atoms with Crippen LogP contribution in [0.4, 0.5) is 0 Å². The average Bonchev–Trinajstić information content (AvgIpc) is 2.29. The third kappa shape index (κ3) is 6.42. The molecule has 0 radical (unpaired) electrons. The number of hydrogen-bond acceptors (Lipinski definition) is 2. The van der Waals surface area contributed by atoms with Gasteiger partial charge in [-0.1, -0.05) is 44.2 Å². The van der Waals surface area contributed by atoms with Crippen LogP contribution >= 0.6 is 12.4 Å². The van der Waals surface area contributed by atoms with Crippen molar-refractivity contribution in [3.63, 3.8) is 0 Å². The molecule has 0 fully saturated rings. The van der Waals surface area contributed by atoms with Crippen molar-refractivity contribution in [2.75, 3.05) is 0 Å². The van der Waals surface area contributed by atoms with Gasteiger partial charge in [0, 0.05) is 6.20 Å². The van der Waals surface area contributed by atoms with Gasteiger partial charge in [0.25, 0.3) is 0 Å². The highest BCUT2D eigenvalue weighted by molar-refractivity contribution is 5.85. The van der Waals surface area contributed by atoms with Crippen molar-refractivity contribution in [2.24, 2.45) is 11.7 Å². The van der Waals surface area contributed by atoms with E-state index in [1.54, 1.807) is 6.20 Å². The molecule has 0 aliphatic heterocycles. The molecule has 0 spiro atoms. The van der Waals surface area contributed by atoms with Crippen LogP contribution in [0.15, 0.2) is 36.5 Å². The monoisotopic (exact) mass is 268 g/mol. The number of nitrogens with two attached hydrogens (primary N) is 1. The smallest absolute Gasteiger partial charge is 0.240 e. The van der Waals surface area contributed by atoms with Crippen molar-refractivity contribution in [1.82, 2.24) is 5.32 Å². The summed E-state index contributed by atoms with van der Waals surface area (Å²) in [5.74, 6) is 0.291. The van der Waals surface area contributed by atoms with Crippen LogP contribution in [0.5, 0.6) is 0 Å². The molecular weight excluding hydrogens is 248 g/mol. The molecule has 1 rings (SSSR count). The first-order chi connectivity index (χ1) is 8.09. The zero-order valence-electron chi connectivity index (χ0n) is 10.8. The molecule has 1 aromatic rings. The van der Waals surface area contributed by atoms with E-state index in [0.29, 0.717) is 12.3 Å². The molecule has 3 N–H and O–H groups in total. The zero-order chi connectivity index (χ0) is 12.7. The lowest BCUT2D eigenvalue weighted by Gasteiger charge is -2.12. The van der Waals surface area contributed by atoms with Crippen molar-refractivity contribution in [3.8, 4) is 0 Å². The molecule has 100 valence electrons. The van der Waals surface area contributed by atoms with Crippen LogP contribution in [0.3, 0.4) is 0 Å². The van der Waals surface area contributed by atoms with E-state index in [0.717, 1.165) is 5.56 Å². The fraction of sp³-hybridized carbons (Fsp3) is 0.357. The first-order valence-electron chi connectivity index (χ1n) is 5.87. The van der Waals surface area contributed by atoms with E-state index in [2.05, 4.69) is 5.32 Å². The van der Waals surface area contributed by atoms with Gasteiger partial charge in [-0.2, -0.15) is 0 Å². The Balaban J connectivity index is 0.00000289. The number of benzene rings is 1. The molecule has 0 aliphatic carbocycles. The number of amides is 1. The maximum atomic E-state index is 11.6. The van der Waals surface area contributed by atoms with E-state index in [9.17, 15) is 4.79 Å². The second-order valence-corrected chi connectivity index (χ2v) is 4.49. The van der Waals surface area contributed by atoms with Gasteiger partial charge in [0.1, 0.15) is 0 Å². The van der Waals surface area contributed by atoms with Gasteiger partial charge in [0.15, 0.2) is 0 Å². The van der Waals surface area contributed by atoms with Crippen LogP contribution in [0, 0.1) is 5.92 Å². The third-order valence-electron chi connectivity index (χ3n) is 2.36. The number of carbonyl (C=O) groups excluding carboxylic acids is 1. The second-order valence-electron chi connectivity index (χ2n) is 4.49. The van der Waals surface area contributed by atoms with Crippen LogP contribution in [0.25, 0.3) is 6.08 Å². The molecule has 4 heteroatoms. The highest BCUT2D eigenvalue weighted by Crippen LogP contribution is 2.03. The van der Waals surface area contributed by atoms with Gasteiger partial charge in [-0.25, -0.2) is 0 Å². The normalized spacial score (nSPS) is 12.2. The summed E-state index contributed by atoms with van der Waals surface area (Å²) >= 11 is 0. The number of hydrogen-bond donors (Lipinski definition) is 2. The first kappa shape index (κ1) is 16.7. The van der Waals surface area contributed by atoms with Crippen molar-refractivity contribution in [2.45, 2.75) is 26.3 Å². The highest BCUT2D eigenvalue weighted by Gasteiger charge is 2.12. The molecule has 0 saturated heterocycles. The van der Waals surface area contributed by atoms with Crippen molar-refractivity contribution >= 4 is 24.4 Å². The molecule has 0 bridgehead atoms. The molecule has 1 amide bonds. The van der Waals surface area contributed by atoms with Crippen LogP contribution in [-0.4, -0.2) is 11.9 Å². The maximum Gasteiger partial charge on any atom is 0.240 e. The summed E-state index contributed by atoms with van der Waals surface area (Å²) in [7, 11) is 0. The molecule has 3 nitrogen and oxygen atoms in total. The Hall–Kier alpha value is -1.32. The van der Waals surface area contributed by atoms with E-state index in [4.69, 9.17) is 5.73 Å².